The van der Waals surface area contributed by atoms with E-state index in [0.717, 1.165) is 28.6 Å². The van der Waals surface area contributed by atoms with E-state index >= 15 is 0 Å². The maximum Gasteiger partial charge on any atom is 0.274 e. The third kappa shape index (κ3) is 3.73. The van der Waals surface area contributed by atoms with Crippen LogP contribution in [0, 0.1) is 6.92 Å². The average molecular weight is 444 g/mol. The maximum atomic E-state index is 13.1. The number of nitrogens with zero attached hydrogens (tertiary/aromatic N) is 6. The van der Waals surface area contributed by atoms with Crippen LogP contribution in [0.4, 0.5) is 5.82 Å². The Labute approximate surface area is 190 Å². The van der Waals surface area contributed by atoms with Crippen molar-refractivity contribution in [3.05, 3.63) is 53.8 Å². The molecule has 4 heterocycles. The molecule has 4 aromatic rings. The minimum Gasteiger partial charge on any atom is -0.365 e. The van der Waals surface area contributed by atoms with Crippen LogP contribution in [0.3, 0.4) is 0 Å². The molecular formula is C24H25N7O2. The molecule has 33 heavy (non-hydrogen) atoms. The lowest BCUT2D eigenvalue weighted by atomic mass is 10.1. The fourth-order valence-corrected chi connectivity index (χ4v) is 4.60. The number of hydrogen-bond acceptors (Lipinski definition) is 7. The van der Waals surface area contributed by atoms with Crippen LogP contribution in [-0.4, -0.2) is 54.8 Å². The number of aryl methyl sites for hydroxylation is 2. The number of carbonyl (C=O) groups is 1. The van der Waals surface area contributed by atoms with E-state index < -0.39 is 0 Å². The molecule has 1 saturated heterocycles. The fraction of sp³-hybridized carbons (Fsp3) is 0.375. The summed E-state index contributed by atoms with van der Waals surface area (Å²) in [5, 5.41) is 14.1. The van der Waals surface area contributed by atoms with Gasteiger partial charge in [0.1, 0.15) is 5.82 Å². The van der Waals surface area contributed by atoms with Crippen LogP contribution >= 0.6 is 0 Å². The Bertz CT molecular complexity index is 1350. The molecule has 9 heteroatoms. The van der Waals surface area contributed by atoms with Crippen molar-refractivity contribution in [2.24, 2.45) is 7.05 Å². The Balaban J connectivity index is 1.20. The molecule has 1 unspecified atom stereocenters. The summed E-state index contributed by atoms with van der Waals surface area (Å²) < 4.78 is 6.99. The Hall–Kier alpha value is -3.75. The SMILES string of the molecule is Cc1nc(-c2ccc3ccnc(NC4CCN(C(=O)c5cc(C6CC6)n(C)n5)C4)c3c2)no1. The lowest BCUT2D eigenvalue weighted by Gasteiger charge is -2.17. The number of likely N-dealkylation sites (tertiary alicyclic amines) is 1. The van der Waals surface area contributed by atoms with Crippen molar-refractivity contribution < 1.29 is 9.32 Å². The van der Waals surface area contributed by atoms with Gasteiger partial charge in [-0.3, -0.25) is 9.48 Å². The van der Waals surface area contributed by atoms with Crippen molar-refractivity contribution >= 4 is 22.5 Å². The number of rotatable bonds is 5. The third-order valence-corrected chi connectivity index (χ3v) is 6.50. The highest BCUT2D eigenvalue weighted by atomic mass is 16.5. The molecule has 0 radical (unpaired) electrons. The molecule has 0 bridgehead atoms. The molecule has 6 rings (SSSR count). The first-order valence-corrected chi connectivity index (χ1v) is 11.3. The second kappa shape index (κ2) is 7.68. The second-order valence-electron chi connectivity index (χ2n) is 8.97. The highest BCUT2D eigenvalue weighted by Gasteiger charge is 2.32. The summed E-state index contributed by atoms with van der Waals surface area (Å²) in [7, 11) is 1.93. The van der Waals surface area contributed by atoms with Crippen molar-refractivity contribution in [3.8, 4) is 11.4 Å². The smallest absolute Gasteiger partial charge is 0.274 e. The van der Waals surface area contributed by atoms with Crippen molar-refractivity contribution in [2.45, 2.75) is 38.1 Å². The molecule has 168 valence electrons. The van der Waals surface area contributed by atoms with E-state index in [1.54, 1.807) is 13.1 Å². The molecule has 1 saturated carbocycles. The van der Waals surface area contributed by atoms with Crippen LogP contribution in [0.1, 0.15) is 47.3 Å². The third-order valence-electron chi connectivity index (χ3n) is 6.50. The summed E-state index contributed by atoms with van der Waals surface area (Å²) in [6.45, 7) is 3.09. The molecule has 1 aliphatic heterocycles. The lowest BCUT2D eigenvalue weighted by molar-refractivity contribution is 0.0785. The molecule has 1 aromatic carbocycles. The Morgan fingerprint density at radius 2 is 2.06 bits per heavy atom. The summed E-state index contributed by atoms with van der Waals surface area (Å²) in [5.74, 6) is 2.45. The maximum absolute atomic E-state index is 13.1. The Kier molecular flexibility index (Phi) is 4.63. The summed E-state index contributed by atoms with van der Waals surface area (Å²) >= 11 is 0. The van der Waals surface area contributed by atoms with Gasteiger partial charge in [0, 0.05) is 61.9 Å². The van der Waals surface area contributed by atoms with Crippen LogP contribution in [0.5, 0.6) is 0 Å². The number of amides is 1. The number of aromatic nitrogens is 5. The van der Waals surface area contributed by atoms with Gasteiger partial charge in [0.2, 0.25) is 11.7 Å². The van der Waals surface area contributed by atoms with Gasteiger partial charge in [-0.25, -0.2) is 4.98 Å². The van der Waals surface area contributed by atoms with E-state index in [-0.39, 0.29) is 11.9 Å². The minimum absolute atomic E-state index is 0.00226. The van der Waals surface area contributed by atoms with Gasteiger partial charge in [-0.05, 0) is 42.8 Å². The predicted octanol–water partition coefficient (Wildman–Crippen LogP) is 3.53. The van der Waals surface area contributed by atoms with Gasteiger partial charge < -0.3 is 14.7 Å². The number of fused-ring (bicyclic) bond motifs is 1. The van der Waals surface area contributed by atoms with Gasteiger partial charge >= 0.3 is 0 Å². The number of pyridine rings is 1. The summed E-state index contributed by atoms with van der Waals surface area (Å²) in [6.07, 6.45) is 5.04. The van der Waals surface area contributed by atoms with Crippen molar-refractivity contribution in [1.82, 2.24) is 29.8 Å². The molecule has 1 amide bonds. The van der Waals surface area contributed by atoms with Gasteiger partial charge in [-0.2, -0.15) is 10.1 Å². The molecule has 1 atom stereocenters. The molecule has 1 N–H and O–H groups in total. The van der Waals surface area contributed by atoms with Crippen LogP contribution in [-0.2, 0) is 7.05 Å². The van der Waals surface area contributed by atoms with Gasteiger partial charge in [0.25, 0.3) is 5.91 Å². The van der Waals surface area contributed by atoms with Crippen molar-refractivity contribution in [1.29, 1.82) is 0 Å². The molecule has 2 aliphatic rings. The van der Waals surface area contributed by atoms with Crippen molar-refractivity contribution in [3.63, 3.8) is 0 Å². The molecular weight excluding hydrogens is 418 g/mol. The molecule has 9 nitrogen and oxygen atoms in total. The monoisotopic (exact) mass is 443 g/mol. The van der Waals surface area contributed by atoms with E-state index in [4.69, 9.17) is 4.52 Å². The highest BCUT2D eigenvalue weighted by Crippen LogP contribution is 2.40. The standard InChI is InChI=1S/C24H25N7O2/c1-14-26-22(29-33-14)17-6-3-15-7-9-25-23(19(15)11-17)27-18-8-10-31(13-18)24(32)20-12-21(16-4-5-16)30(2)28-20/h3,6-7,9,11-12,16,18H,4-5,8,10,13H2,1-2H3,(H,25,27). The predicted molar refractivity (Wildman–Crippen MR) is 123 cm³/mol. The van der Waals surface area contributed by atoms with Crippen LogP contribution in [0.15, 0.2) is 41.1 Å². The number of benzene rings is 1. The zero-order valence-electron chi connectivity index (χ0n) is 18.7. The van der Waals surface area contributed by atoms with Crippen LogP contribution in [0.25, 0.3) is 22.2 Å². The Morgan fingerprint density at radius 1 is 1.18 bits per heavy atom. The summed E-state index contributed by atoms with van der Waals surface area (Å²) in [5.41, 5.74) is 2.59. The molecule has 0 spiro atoms. The van der Waals surface area contributed by atoms with E-state index in [2.05, 4.69) is 25.5 Å². The zero-order chi connectivity index (χ0) is 22.5. The molecule has 1 aliphatic carbocycles. The zero-order valence-corrected chi connectivity index (χ0v) is 18.7. The van der Waals surface area contributed by atoms with Gasteiger partial charge in [0.05, 0.1) is 0 Å². The molecule has 2 fully saturated rings. The number of anilines is 1. The van der Waals surface area contributed by atoms with Crippen LogP contribution in [0.2, 0.25) is 0 Å². The molecule has 3 aromatic heterocycles. The van der Waals surface area contributed by atoms with Crippen LogP contribution < -0.4 is 5.32 Å². The Morgan fingerprint density at radius 3 is 2.85 bits per heavy atom. The summed E-state index contributed by atoms with van der Waals surface area (Å²) in [6, 6.07) is 10.1. The number of nitrogens with one attached hydrogen (secondary N) is 1. The normalized spacial score (nSPS) is 18.2. The van der Waals surface area contributed by atoms with Gasteiger partial charge in [-0.1, -0.05) is 17.3 Å². The highest BCUT2D eigenvalue weighted by molar-refractivity contribution is 5.95. The van der Waals surface area contributed by atoms with E-state index in [0.29, 0.717) is 36.4 Å². The summed E-state index contributed by atoms with van der Waals surface area (Å²) in [4.78, 5) is 23.9. The quantitative estimate of drug-likeness (QED) is 0.503. The number of carbonyl (C=O) groups excluding carboxylic acids is 1. The topological polar surface area (TPSA) is 102 Å². The first-order valence-electron chi connectivity index (χ1n) is 11.3. The number of hydrogen-bond donors (Lipinski definition) is 1. The first kappa shape index (κ1) is 19.9. The van der Waals surface area contributed by atoms with Gasteiger partial charge in [-0.15, -0.1) is 0 Å². The fourth-order valence-electron chi connectivity index (χ4n) is 4.60. The van der Waals surface area contributed by atoms with Gasteiger partial charge in [0.15, 0.2) is 5.69 Å². The second-order valence-corrected chi connectivity index (χ2v) is 8.97. The van der Waals surface area contributed by atoms with E-state index in [1.807, 2.05) is 47.0 Å². The average Bonchev–Trinajstić information content (AvgIpc) is 3.19. The van der Waals surface area contributed by atoms with Crippen molar-refractivity contribution in [2.75, 3.05) is 18.4 Å². The van der Waals surface area contributed by atoms with E-state index in [1.165, 1.54) is 18.5 Å². The van der Waals surface area contributed by atoms with E-state index in [9.17, 15) is 4.79 Å². The largest absolute Gasteiger partial charge is 0.365 e. The lowest BCUT2D eigenvalue weighted by Crippen LogP contribution is -2.32. The minimum atomic E-state index is 0.00226. The first-order chi connectivity index (χ1) is 16.0.